The second-order valence-corrected chi connectivity index (χ2v) is 6.80. The molecule has 3 heterocycles. The molecule has 5 nitrogen and oxygen atoms in total. The summed E-state index contributed by atoms with van der Waals surface area (Å²) in [7, 11) is 0. The summed E-state index contributed by atoms with van der Waals surface area (Å²) in [6.07, 6.45) is -0.956. The molecule has 1 saturated heterocycles. The van der Waals surface area contributed by atoms with E-state index in [9.17, 15) is 13.2 Å². The average Bonchev–Trinajstić information content (AvgIpc) is 3.16. The fraction of sp³-hybridized carbons (Fsp3) is 0.643. The maximum absolute atomic E-state index is 12.6. The van der Waals surface area contributed by atoms with E-state index in [-0.39, 0.29) is 5.92 Å². The van der Waals surface area contributed by atoms with Gasteiger partial charge in [-0.3, -0.25) is 0 Å². The van der Waals surface area contributed by atoms with Crippen LogP contribution < -0.4 is 4.90 Å². The summed E-state index contributed by atoms with van der Waals surface area (Å²) in [5.41, 5.74) is -0.806. The van der Waals surface area contributed by atoms with Crippen LogP contribution in [0, 0.1) is 0 Å². The molecule has 0 amide bonds. The first kappa shape index (κ1) is 16.2. The van der Waals surface area contributed by atoms with Crippen LogP contribution in [0.25, 0.3) is 0 Å². The first-order valence-electron chi connectivity index (χ1n) is 7.53. The maximum atomic E-state index is 12.6. The van der Waals surface area contributed by atoms with Gasteiger partial charge >= 0.3 is 6.18 Å². The van der Waals surface area contributed by atoms with Crippen LogP contribution in [0.5, 0.6) is 0 Å². The predicted octanol–water partition coefficient (Wildman–Crippen LogP) is 3.72. The Balaban J connectivity index is 1.67. The van der Waals surface area contributed by atoms with Gasteiger partial charge in [0, 0.05) is 30.4 Å². The zero-order valence-electron chi connectivity index (χ0n) is 12.9. The van der Waals surface area contributed by atoms with E-state index in [2.05, 4.69) is 33.6 Å². The van der Waals surface area contributed by atoms with Crippen LogP contribution in [0.15, 0.2) is 11.7 Å². The SMILES string of the molecule is CC(C)n1cnnc1C1CCN(c2nc(C(F)(F)F)cs2)CC1. The van der Waals surface area contributed by atoms with Gasteiger partial charge < -0.3 is 9.47 Å². The Morgan fingerprint density at radius 2 is 1.96 bits per heavy atom. The van der Waals surface area contributed by atoms with Crippen molar-refractivity contribution >= 4 is 16.5 Å². The molecule has 1 aliphatic rings. The molecule has 0 unspecified atom stereocenters. The Hall–Kier alpha value is -1.64. The molecule has 0 aliphatic carbocycles. The fourth-order valence-corrected chi connectivity index (χ4v) is 3.70. The molecule has 1 fully saturated rings. The van der Waals surface area contributed by atoms with E-state index < -0.39 is 11.9 Å². The highest BCUT2D eigenvalue weighted by atomic mass is 32.1. The number of piperidine rings is 1. The molecule has 0 radical (unpaired) electrons. The molecule has 3 rings (SSSR count). The second-order valence-electron chi connectivity index (χ2n) is 5.96. The minimum absolute atomic E-state index is 0.290. The molecule has 0 aromatic carbocycles. The maximum Gasteiger partial charge on any atom is 0.434 e. The molecule has 126 valence electrons. The lowest BCUT2D eigenvalue weighted by atomic mass is 9.96. The molecule has 2 aromatic rings. The van der Waals surface area contributed by atoms with Crippen molar-refractivity contribution in [1.82, 2.24) is 19.7 Å². The first-order valence-corrected chi connectivity index (χ1v) is 8.41. The summed E-state index contributed by atoms with van der Waals surface area (Å²) in [6.45, 7) is 5.52. The van der Waals surface area contributed by atoms with Crippen LogP contribution in [0.1, 0.15) is 50.2 Å². The van der Waals surface area contributed by atoms with Gasteiger partial charge in [0.2, 0.25) is 0 Å². The molecular formula is C14H18F3N5S. The van der Waals surface area contributed by atoms with Crippen molar-refractivity contribution in [2.24, 2.45) is 0 Å². The largest absolute Gasteiger partial charge is 0.434 e. The van der Waals surface area contributed by atoms with Gasteiger partial charge in [-0.15, -0.1) is 21.5 Å². The van der Waals surface area contributed by atoms with Crippen LogP contribution in [0.2, 0.25) is 0 Å². The molecule has 0 spiro atoms. The minimum Gasteiger partial charge on any atom is -0.348 e. The molecule has 0 saturated carbocycles. The quantitative estimate of drug-likeness (QED) is 0.851. The van der Waals surface area contributed by atoms with E-state index in [4.69, 9.17) is 0 Å². The summed E-state index contributed by atoms with van der Waals surface area (Å²) < 4.78 is 40.0. The number of anilines is 1. The van der Waals surface area contributed by atoms with Crippen molar-refractivity contribution in [2.45, 2.75) is 44.8 Å². The summed E-state index contributed by atoms with van der Waals surface area (Å²) in [6, 6.07) is 0.298. The normalized spacial score (nSPS) is 17.2. The number of alkyl halides is 3. The summed E-state index contributed by atoms with van der Waals surface area (Å²) >= 11 is 1.05. The number of hydrogen-bond donors (Lipinski definition) is 0. The minimum atomic E-state index is -4.37. The molecule has 23 heavy (non-hydrogen) atoms. The third-order valence-corrected chi connectivity index (χ3v) is 4.97. The highest BCUT2D eigenvalue weighted by molar-refractivity contribution is 7.13. The Morgan fingerprint density at radius 1 is 1.26 bits per heavy atom. The average molecular weight is 345 g/mol. The summed E-state index contributed by atoms with van der Waals surface area (Å²) in [5, 5.41) is 9.74. The number of aromatic nitrogens is 4. The number of nitrogens with zero attached hydrogens (tertiary/aromatic N) is 5. The van der Waals surface area contributed by atoms with Crippen molar-refractivity contribution in [3.8, 4) is 0 Å². The highest BCUT2D eigenvalue weighted by Gasteiger charge is 2.35. The fourth-order valence-electron chi connectivity index (χ4n) is 2.81. The van der Waals surface area contributed by atoms with Crippen molar-refractivity contribution in [1.29, 1.82) is 0 Å². The van der Waals surface area contributed by atoms with Gasteiger partial charge in [0.15, 0.2) is 10.8 Å². The zero-order chi connectivity index (χ0) is 16.6. The van der Waals surface area contributed by atoms with Crippen molar-refractivity contribution in [3.05, 3.63) is 23.2 Å². The van der Waals surface area contributed by atoms with E-state index >= 15 is 0 Å². The van der Waals surface area contributed by atoms with E-state index in [1.165, 1.54) is 0 Å². The van der Waals surface area contributed by atoms with Crippen molar-refractivity contribution in [2.75, 3.05) is 18.0 Å². The van der Waals surface area contributed by atoms with E-state index in [0.717, 1.165) is 35.4 Å². The van der Waals surface area contributed by atoms with Gasteiger partial charge in [0.1, 0.15) is 12.2 Å². The van der Waals surface area contributed by atoms with Crippen LogP contribution in [0.3, 0.4) is 0 Å². The first-order chi connectivity index (χ1) is 10.9. The van der Waals surface area contributed by atoms with Crippen LogP contribution in [0.4, 0.5) is 18.3 Å². The lowest BCUT2D eigenvalue weighted by Crippen LogP contribution is -2.33. The monoisotopic (exact) mass is 345 g/mol. The summed E-state index contributed by atoms with van der Waals surface area (Å²) in [5.74, 6) is 1.26. The van der Waals surface area contributed by atoms with Crippen LogP contribution >= 0.6 is 11.3 Å². The van der Waals surface area contributed by atoms with E-state index in [1.54, 1.807) is 6.33 Å². The molecule has 2 aromatic heterocycles. The van der Waals surface area contributed by atoms with E-state index in [1.807, 2.05) is 4.90 Å². The Labute approximate surface area is 136 Å². The van der Waals surface area contributed by atoms with Crippen LogP contribution in [-0.4, -0.2) is 32.8 Å². The Morgan fingerprint density at radius 3 is 2.52 bits per heavy atom. The highest BCUT2D eigenvalue weighted by Crippen LogP contribution is 2.35. The lowest BCUT2D eigenvalue weighted by molar-refractivity contribution is -0.140. The standard InChI is InChI=1S/C14H18F3N5S/c1-9(2)22-8-18-20-12(22)10-3-5-21(6-4-10)13-19-11(7-23-13)14(15,16)17/h7-10H,3-6H2,1-2H3. The third-order valence-electron chi connectivity index (χ3n) is 4.07. The van der Waals surface area contributed by atoms with Gasteiger partial charge in [-0.2, -0.15) is 13.2 Å². The van der Waals surface area contributed by atoms with Gasteiger partial charge in [0.25, 0.3) is 0 Å². The van der Waals surface area contributed by atoms with Crippen molar-refractivity contribution in [3.63, 3.8) is 0 Å². The van der Waals surface area contributed by atoms with Gasteiger partial charge in [-0.25, -0.2) is 4.98 Å². The smallest absolute Gasteiger partial charge is 0.348 e. The number of halogens is 3. The molecule has 0 bridgehead atoms. The van der Waals surface area contributed by atoms with Gasteiger partial charge in [-0.05, 0) is 26.7 Å². The third kappa shape index (κ3) is 3.34. The molecular weight excluding hydrogens is 327 g/mol. The molecule has 0 N–H and O–H groups in total. The second kappa shape index (κ2) is 6.10. The number of thiazole rings is 1. The topological polar surface area (TPSA) is 46.8 Å². The predicted molar refractivity (Wildman–Crippen MR) is 81.7 cm³/mol. The van der Waals surface area contributed by atoms with E-state index in [0.29, 0.717) is 24.3 Å². The number of hydrogen-bond acceptors (Lipinski definition) is 5. The Bertz CT molecular complexity index is 655. The zero-order valence-corrected chi connectivity index (χ0v) is 13.7. The lowest BCUT2D eigenvalue weighted by Gasteiger charge is -2.31. The number of rotatable bonds is 3. The Kier molecular flexibility index (Phi) is 4.31. The van der Waals surface area contributed by atoms with Gasteiger partial charge in [-0.1, -0.05) is 0 Å². The molecule has 0 atom stereocenters. The summed E-state index contributed by atoms with van der Waals surface area (Å²) in [4.78, 5) is 5.65. The van der Waals surface area contributed by atoms with Gasteiger partial charge in [0.05, 0.1) is 0 Å². The molecule has 1 aliphatic heterocycles. The van der Waals surface area contributed by atoms with Crippen LogP contribution in [-0.2, 0) is 6.18 Å². The molecule has 9 heteroatoms. The van der Waals surface area contributed by atoms with Crippen molar-refractivity contribution < 1.29 is 13.2 Å².